The molecule has 0 aliphatic carbocycles. The largest absolute Gasteiger partial charge is 0.358 e. The van der Waals surface area contributed by atoms with Crippen molar-refractivity contribution in [3.05, 3.63) is 10.0 Å². The first-order valence-corrected chi connectivity index (χ1v) is 4.90. The minimum atomic E-state index is 0.133. The molecule has 0 aromatic carbocycles. The number of nitrogens with one attached hydrogen (secondary N) is 1. The number of nitriles is 1. The normalized spacial score (nSPS) is 12.2. The van der Waals surface area contributed by atoms with Gasteiger partial charge in [0.2, 0.25) is 0 Å². The van der Waals surface area contributed by atoms with Gasteiger partial charge in [-0.05, 0) is 6.92 Å². The molecule has 1 atom stereocenters. The summed E-state index contributed by atoms with van der Waals surface area (Å²) in [5, 5.41) is 12.5. The van der Waals surface area contributed by atoms with Crippen molar-refractivity contribution in [2.75, 3.05) is 11.9 Å². The van der Waals surface area contributed by atoms with Gasteiger partial charge < -0.3 is 11.1 Å². The van der Waals surface area contributed by atoms with Gasteiger partial charge in [0.1, 0.15) is 10.9 Å². The number of rotatable bonds is 3. The Kier molecular flexibility index (Phi) is 3.48. The Labute approximate surface area is 85.3 Å². The lowest BCUT2D eigenvalue weighted by atomic mass is 10.4. The summed E-state index contributed by atoms with van der Waals surface area (Å²) in [5.41, 5.74) is 5.41. The van der Waals surface area contributed by atoms with Crippen LogP contribution in [0.15, 0.2) is 0 Å². The van der Waals surface area contributed by atoms with Crippen LogP contribution in [0.4, 0.5) is 5.13 Å². The average Bonchev–Trinajstić information content (AvgIpc) is 2.46. The zero-order valence-electron chi connectivity index (χ0n) is 7.04. The van der Waals surface area contributed by atoms with E-state index in [0.29, 0.717) is 16.6 Å². The summed E-state index contributed by atoms with van der Waals surface area (Å²) in [7, 11) is 0. The van der Waals surface area contributed by atoms with Crippen LogP contribution >= 0.6 is 22.9 Å². The van der Waals surface area contributed by atoms with Gasteiger partial charge in [-0.1, -0.05) is 22.9 Å². The molecule has 1 aromatic rings. The standard InChI is InChI=1S/C7H9ClN4S/c1-4(2-9)11-7-12-6(8)5(3-10)13-7/h4H,2,9H2,1H3,(H,11,12). The van der Waals surface area contributed by atoms with Crippen LogP contribution in [0, 0.1) is 11.3 Å². The molecular formula is C7H9ClN4S. The minimum absolute atomic E-state index is 0.133. The average molecular weight is 217 g/mol. The van der Waals surface area contributed by atoms with E-state index in [1.807, 2.05) is 13.0 Å². The number of aromatic nitrogens is 1. The Morgan fingerprint density at radius 3 is 3.00 bits per heavy atom. The lowest BCUT2D eigenvalue weighted by molar-refractivity contribution is 0.802. The molecule has 0 bridgehead atoms. The molecule has 0 radical (unpaired) electrons. The zero-order valence-corrected chi connectivity index (χ0v) is 8.61. The summed E-state index contributed by atoms with van der Waals surface area (Å²) in [6.45, 7) is 2.44. The van der Waals surface area contributed by atoms with Gasteiger partial charge in [0.15, 0.2) is 10.3 Å². The second-order valence-corrected chi connectivity index (χ2v) is 3.89. The van der Waals surface area contributed by atoms with Crippen LogP contribution < -0.4 is 11.1 Å². The predicted molar refractivity (Wildman–Crippen MR) is 54.0 cm³/mol. The van der Waals surface area contributed by atoms with E-state index in [2.05, 4.69) is 10.3 Å². The number of nitrogens with zero attached hydrogens (tertiary/aromatic N) is 2. The highest BCUT2D eigenvalue weighted by Gasteiger charge is 2.09. The molecule has 3 N–H and O–H groups in total. The number of thiazole rings is 1. The SMILES string of the molecule is CC(CN)Nc1nc(Cl)c(C#N)s1. The van der Waals surface area contributed by atoms with Crippen molar-refractivity contribution < 1.29 is 0 Å². The van der Waals surface area contributed by atoms with Crippen molar-refractivity contribution in [3.8, 4) is 6.07 Å². The molecule has 0 amide bonds. The molecule has 1 rings (SSSR count). The van der Waals surface area contributed by atoms with Crippen molar-refractivity contribution in [2.45, 2.75) is 13.0 Å². The smallest absolute Gasteiger partial charge is 0.185 e. The fraction of sp³-hybridized carbons (Fsp3) is 0.429. The summed E-state index contributed by atoms with van der Waals surface area (Å²) in [6, 6.07) is 2.09. The molecule has 0 saturated carbocycles. The van der Waals surface area contributed by atoms with Gasteiger partial charge in [-0.3, -0.25) is 0 Å². The van der Waals surface area contributed by atoms with E-state index in [0.717, 1.165) is 0 Å². The number of hydrogen-bond acceptors (Lipinski definition) is 5. The third-order valence-electron chi connectivity index (χ3n) is 1.41. The third-order valence-corrected chi connectivity index (χ3v) is 2.69. The number of nitrogens with two attached hydrogens (primary N) is 1. The second-order valence-electron chi connectivity index (χ2n) is 2.53. The van der Waals surface area contributed by atoms with E-state index < -0.39 is 0 Å². The molecule has 0 saturated heterocycles. The van der Waals surface area contributed by atoms with Crippen molar-refractivity contribution in [2.24, 2.45) is 5.73 Å². The maximum absolute atomic E-state index is 8.61. The number of halogens is 1. The quantitative estimate of drug-likeness (QED) is 0.802. The summed E-state index contributed by atoms with van der Waals surface area (Å²) in [6.07, 6.45) is 0. The zero-order chi connectivity index (χ0) is 9.84. The number of hydrogen-bond donors (Lipinski definition) is 2. The Morgan fingerprint density at radius 1 is 1.85 bits per heavy atom. The van der Waals surface area contributed by atoms with Crippen LogP contribution in [-0.2, 0) is 0 Å². The van der Waals surface area contributed by atoms with E-state index in [1.54, 1.807) is 0 Å². The first-order chi connectivity index (χ1) is 6.17. The molecule has 0 fully saturated rings. The Balaban J connectivity index is 2.75. The predicted octanol–water partition coefficient (Wildman–Crippen LogP) is 1.43. The van der Waals surface area contributed by atoms with Gasteiger partial charge in [-0.25, -0.2) is 4.98 Å². The Hall–Kier alpha value is -0.830. The fourth-order valence-corrected chi connectivity index (χ4v) is 1.76. The van der Waals surface area contributed by atoms with Crippen molar-refractivity contribution in [1.82, 2.24) is 4.98 Å². The van der Waals surface area contributed by atoms with Gasteiger partial charge in [-0.15, -0.1) is 0 Å². The number of anilines is 1. The molecule has 1 unspecified atom stereocenters. The maximum Gasteiger partial charge on any atom is 0.185 e. The van der Waals surface area contributed by atoms with Crippen LogP contribution in [-0.4, -0.2) is 17.6 Å². The van der Waals surface area contributed by atoms with Crippen LogP contribution in [0.2, 0.25) is 5.15 Å². The van der Waals surface area contributed by atoms with E-state index in [-0.39, 0.29) is 11.2 Å². The highest BCUT2D eigenvalue weighted by atomic mass is 35.5. The molecule has 4 nitrogen and oxygen atoms in total. The molecule has 6 heteroatoms. The molecule has 0 aliphatic heterocycles. The van der Waals surface area contributed by atoms with Crippen LogP contribution in [0.25, 0.3) is 0 Å². The third kappa shape index (κ3) is 2.56. The van der Waals surface area contributed by atoms with Gasteiger partial charge in [0.05, 0.1) is 0 Å². The van der Waals surface area contributed by atoms with Gasteiger partial charge >= 0.3 is 0 Å². The summed E-state index contributed by atoms with van der Waals surface area (Å²) in [5.74, 6) is 0. The lowest BCUT2D eigenvalue weighted by Crippen LogP contribution is -2.24. The van der Waals surface area contributed by atoms with Crippen LogP contribution in [0.1, 0.15) is 11.8 Å². The van der Waals surface area contributed by atoms with Crippen molar-refractivity contribution in [3.63, 3.8) is 0 Å². The molecule has 13 heavy (non-hydrogen) atoms. The highest BCUT2D eigenvalue weighted by molar-refractivity contribution is 7.16. The topological polar surface area (TPSA) is 74.7 Å². The monoisotopic (exact) mass is 216 g/mol. The van der Waals surface area contributed by atoms with Crippen LogP contribution in [0.3, 0.4) is 0 Å². The van der Waals surface area contributed by atoms with Gasteiger partial charge in [-0.2, -0.15) is 5.26 Å². The molecule has 0 spiro atoms. The van der Waals surface area contributed by atoms with Gasteiger partial charge in [0.25, 0.3) is 0 Å². The second kappa shape index (κ2) is 4.42. The molecule has 1 heterocycles. The van der Waals surface area contributed by atoms with Crippen LogP contribution in [0.5, 0.6) is 0 Å². The van der Waals surface area contributed by atoms with Gasteiger partial charge in [0, 0.05) is 12.6 Å². The molecular weight excluding hydrogens is 208 g/mol. The van der Waals surface area contributed by atoms with Crippen molar-refractivity contribution in [1.29, 1.82) is 5.26 Å². The summed E-state index contributed by atoms with van der Waals surface area (Å²) < 4.78 is 0. The van der Waals surface area contributed by atoms with E-state index >= 15 is 0 Å². The highest BCUT2D eigenvalue weighted by Crippen LogP contribution is 2.25. The molecule has 70 valence electrons. The molecule has 1 aromatic heterocycles. The maximum atomic E-state index is 8.61. The first-order valence-electron chi connectivity index (χ1n) is 3.70. The first kappa shape index (κ1) is 10.3. The minimum Gasteiger partial charge on any atom is -0.358 e. The Morgan fingerprint density at radius 2 is 2.54 bits per heavy atom. The van der Waals surface area contributed by atoms with E-state index in [9.17, 15) is 0 Å². The fourth-order valence-electron chi connectivity index (χ4n) is 0.702. The summed E-state index contributed by atoms with van der Waals surface area (Å²) in [4.78, 5) is 4.39. The van der Waals surface area contributed by atoms with E-state index in [1.165, 1.54) is 11.3 Å². The lowest BCUT2D eigenvalue weighted by Gasteiger charge is -2.08. The summed E-state index contributed by atoms with van der Waals surface area (Å²) >= 11 is 6.91. The van der Waals surface area contributed by atoms with E-state index in [4.69, 9.17) is 22.6 Å². The Bertz CT molecular complexity index is 330. The van der Waals surface area contributed by atoms with Crippen molar-refractivity contribution >= 4 is 28.1 Å². The molecule has 0 aliphatic rings.